The van der Waals surface area contributed by atoms with Gasteiger partial charge in [0.1, 0.15) is 5.82 Å². The van der Waals surface area contributed by atoms with Crippen LogP contribution in [-0.2, 0) is 6.54 Å². The molecule has 2 N–H and O–H groups in total. The second kappa shape index (κ2) is 5.53. The van der Waals surface area contributed by atoms with Gasteiger partial charge in [0.25, 0.3) is 0 Å². The molecule has 3 nitrogen and oxygen atoms in total. The lowest BCUT2D eigenvalue weighted by molar-refractivity contribution is 0.623. The third-order valence-electron chi connectivity index (χ3n) is 3.27. The van der Waals surface area contributed by atoms with E-state index in [-0.39, 0.29) is 0 Å². The fraction of sp³-hybridized carbons (Fsp3) is 0.357. The highest BCUT2D eigenvalue weighted by Gasteiger charge is 2.20. The number of imidazole rings is 1. The van der Waals surface area contributed by atoms with E-state index in [1.165, 1.54) is 12.8 Å². The highest BCUT2D eigenvalue weighted by atomic mass is 35.5. The molecule has 1 heterocycles. The summed E-state index contributed by atoms with van der Waals surface area (Å²) in [5.41, 5.74) is 1.84. The molecular formula is C14H15Cl2N3. The molecule has 0 atom stereocenters. The van der Waals surface area contributed by atoms with E-state index in [2.05, 4.69) is 15.3 Å². The van der Waals surface area contributed by atoms with E-state index in [1.807, 2.05) is 18.3 Å². The van der Waals surface area contributed by atoms with E-state index < -0.39 is 0 Å². The fourth-order valence-electron chi connectivity index (χ4n) is 2.01. The summed E-state index contributed by atoms with van der Waals surface area (Å²) in [7, 11) is 0. The minimum Gasteiger partial charge on any atom is -0.341 e. The van der Waals surface area contributed by atoms with Gasteiger partial charge < -0.3 is 10.3 Å². The quantitative estimate of drug-likeness (QED) is 0.879. The molecule has 0 bridgehead atoms. The Balaban J connectivity index is 1.68. The van der Waals surface area contributed by atoms with Gasteiger partial charge in [0.2, 0.25) is 0 Å². The number of aromatic nitrogens is 2. The summed E-state index contributed by atoms with van der Waals surface area (Å²) in [6, 6.07) is 5.47. The predicted molar refractivity (Wildman–Crippen MR) is 78.5 cm³/mol. The number of H-pyrrole nitrogens is 1. The van der Waals surface area contributed by atoms with Gasteiger partial charge in [-0.25, -0.2) is 4.98 Å². The van der Waals surface area contributed by atoms with E-state index in [4.69, 9.17) is 23.2 Å². The van der Waals surface area contributed by atoms with Crippen molar-refractivity contribution in [3.8, 4) is 11.3 Å². The molecule has 1 aromatic carbocycles. The Kier molecular flexibility index (Phi) is 3.78. The van der Waals surface area contributed by atoms with Crippen molar-refractivity contribution >= 4 is 23.2 Å². The van der Waals surface area contributed by atoms with Crippen LogP contribution in [0.3, 0.4) is 0 Å². The number of halogens is 2. The van der Waals surface area contributed by atoms with Gasteiger partial charge in [-0.2, -0.15) is 0 Å². The normalized spacial score (nSPS) is 14.8. The molecule has 2 aromatic rings. The largest absolute Gasteiger partial charge is 0.341 e. The Bertz CT molecular complexity index is 576. The number of nitrogens with one attached hydrogen (secondary N) is 2. The number of hydrogen-bond acceptors (Lipinski definition) is 2. The first-order chi connectivity index (χ1) is 9.22. The van der Waals surface area contributed by atoms with Crippen molar-refractivity contribution in [2.24, 2.45) is 5.92 Å². The lowest BCUT2D eigenvalue weighted by atomic mass is 10.2. The number of rotatable bonds is 5. The first kappa shape index (κ1) is 13.0. The molecule has 19 heavy (non-hydrogen) atoms. The summed E-state index contributed by atoms with van der Waals surface area (Å²) in [6.07, 6.45) is 4.52. The molecule has 3 rings (SSSR count). The Morgan fingerprint density at radius 3 is 2.89 bits per heavy atom. The van der Waals surface area contributed by atoms with Crippen LogP contribution in [0.5, 0.6) is 0 Å². The zero-order valence-electron chi connectivity index (χ0n) is 10.4. The van der Waals surface area contributed by atoms with Gasteiger partial charge in [-0.05, 0) is 43.5 Å². The molecule has 0 radical (unpaired) electrons. The molecule has 0 aliphatic heterocycles. The average molecular weight is 296 g/mol. The standard InChI is InChI=1S/C14H15Cl2N3/c15-10-3-4-11(12(16)5-10)13-7-18-14(19-13)8-17-6-9-1-2-9/h3-5,7,9,17H,1-2,6,8H2,(H,18,19). The molecule has 100 valence electrons. The van der Waals surface area contributed by atoms with Crippen LogP contribution in [-0.4, -0.2) is 16.5 Å². The molecule has 0 amide bonds. The molecule has 1 saturated carbocycles. The summed E-state index contributed by atoms with van der Waals surface area (Å²) in [5.74, 6) is 1.81. The molecule has 0 saturated heterocycles. The summed E-state index contributed by atoms with van der Waals surface area (Å²) in [6.45, 7) is 1.85. The van der Waals surface area contributed by atoms with Crippen LogP contribution in [0.4, 0.5) is 0 Å². The van der Waals surface area contributed by atoms with Gasteiger partial charge in [-0.3, -0.25) is 0 Å². The highest BCUT2D eigenvalue weighted by Crippen LogP contribution is 2.29. The van der Waals surface area contributed by atoms with Gasteiger partial charge in [-0.15, -0.1) is 0 Å². The minimum atomic E-state index is 0.633. The molecule has 0 unspecified atom stereocenters. The van der Waals surface area contributed by atoms with Gasteiger partial charge in [0.15, 0.2) is 0 Å². The number of aromatic amines is 1. The highest BCUT2D eigenvalue weighted by molar-refractivity contribution is 6.36. The minimum absolute atomic E-state index is 0.633. The SMILES string of the molecule is Clc1ccc(-c2cnc(CNCC3CC3)[nH]2)c(Cl)c1. The van der Waals surface area contributed by atoms with Crippen molar-refractivity contribution in [3.05, 3.63) is 40.3 Å². The van der Waals surface area contributed by atoms with Gasteiger partial charge in [0.05, 0.1) is 23.5 Å². The smallest absolute Gasteiger partial charge is 0.120 e. The van der Waals surface area contributed by atoms with Gasteiger partial charge >= 0.3 is 0 Å². The summed E-state index contributed by atoms with van der Waals surface area (Å²) in [4.78, 5) is 7.65. The van der Waals surface area contributed by atoms with Crippen molar-refractivity contribution in [2.75, 3.05) is 6.54 Å². The third kappa shape index (κ3) is 3.30. The predicted octanol–water partition coefficient (Wildman–Crippen LogP) is 3.88. The van der Waals surface area contributed by atoms with Crippen LogP contribution in [0.1, 0.15) is 18.7 Å². The second-order valence-corrected chi connectivity index (χ2v) is 5.79. The van der Waals surface area contributed by atoms with E-state index in [0.717, 1.165) is 36.1 Å². The number of benzene rings is 1. The van der Waals surface area contributed by atoms with Crippen LogP contribution in [0, 0.1) is 5.92 Å². The maximum Gasteiger partial charge on any atom is 0.120 e. The first-order valence-corrected chi connectivity index (χ1v) is 7.18. The van der Waals surface area contributed by atoms with Crippen molar-refractivity contribution in [1.82, 2.24) is 15.3 Å². The van der Waals surface area contributed by atoms with E-state index in [9.17, 15) is 0 Å². The van der Waals surface area contributed by atoms with Crippen LogP contribution in [0.15, 0.2) is 24.4 Å². The lowest BCUT2D eigenvalue weighted by Gasteiger charge is -2.02. The van der Waals surface area contributed by atoms with Crippen LogP contribution in [0.2, 0.25) is 10.0 Å². The Morgan fingerprint density at radius 2 is 2.16 bits per heavy atom. The monoisotopic (exact) mass is 295 g/mol. The number of nitrogens with zero attached hydrogens (tertiary/aromatic N) is 1. The van der Waals surface area contributed by atoms with E-state index >= 15 is 0 Å². The number of hydrogen-bond donors (Lipinski definition) is 2. The molecule has 1 fully saturated rings. The van der Waals surface area contributed by atoms with E-state index in [1.54, 1.807) is 6.07 Å². The van der Waals surface area contributed by atoms with Gasteiger partial charge in [-0.1, -0.05) is 23.2 Å². The molecule has 1 aliphatic rings. The Labute approximate surface area is 122 Å². The zero-order valence-corrected chi connectivity index (χ0v) is 11.9. The molecule has 0 spiro atoms. The van der Waals surface area contributed by atoms with Crippen LogP contribution < -0.4 is 5.32 Å². The van der Waals surface area contributed by atoms with E-state index in [0.29, 0.717) is 10.0 Å². The maximum absolute atomic E-state index is 6.18. The summed E-state index contributed by atoms with van der Waals surface area (Å²) < 4.78 is 0. The molecule has 1 aromatic heterocycles. The first-order valence-electron chi connectivity index (χ1n) is 6.42. The fourth-order valence-corrected chi connectivity index (χ4v) is 2.52. The summed E-state index contributed by atoms with van der Waals surface area (Å²) in [5, 5.41) is 4.68. The van der Waals surface area contributed by atoms with Crippen molar-refractivity contribution in [2.45, 2.75) is 19.4 Å². The van der Waals surface area contributed by atoms with Gasteiger partial charge in [0, 0.05) is 10.6 Å². The average Bonchev–Trinajstić information content (AvgIpc) is 3.07. The molecular weight excluding hydrogens is 281 g/mol. The topological polar surface area (TPSA) is 40.7 Å². The Hall–Kier alpha value is -1.03. The van der Waals surface area contributed by atoms with Crippen LogP contribution >= 0.6 is 23.2 Å². The van der Waals surface area contributed by atoms with Crippen molar-refractivity contribution in [1.29, 1.82) is 0 Å². The molecule has 1 aliphatic carbocycles. The zero-order chi connectivity index (χ0) is 13.2. The van der Waals surface area contributed by atoms with Crippen molar-refractivity contribution in [3.63, 3.8) is 0 Å². The molecule has 5 heteroatoms. The summed E-state index contributed by atoms with van der Waals surface area (Å²) >= 11 is 12.1. The van der Waals surface area contributed by atoms with Crippen LogP contribution in [0.25, 0.3) is 11.3 Å². The Morgan fingerprint density at radius 1 is 1.32 bits per heavy atom. The van der Waals surface area contributed by atoms with Crippen molar-refractivity contribution < 1.29 is 0 Å². The second-order valence-electron chi connectivity index (χ2n) is 4.94. The third-order valence-corrected chi connectivity index (χ3v) is 3.82. The maximum atomic E-state index is 6.18. The lowest BCUT2D eigenvalue weighted by Crippen LogP contribution is -2.16.